The number of amides is 1. The minimum Gasteiger partial charge on any atom is -0.496 e. The van der Waals surface area contributed by atoms with E-state index in [2.05, 4.69) is 36.2 Å². The predicted octanol–water partition coefficient (Wildman–Crippen LogP) is 4.36. The number of anilines is 1. The van der Waals surface area contributed by atoms with Gasteiger partial charge in [-0.15, -0.1) is 11.3 Å². The van der Waals surface area contributed by atoms with E-state index in [1.807, 2.05) is 29.6 Å². The molecule has 0 aliphatic carbocycles. The topological polar surface area (TPSA) is 77.2 Å². The molecule has 0 saturated carbocycles. The first-order valence-corrected chi connectivity index (χ1v) is 8.64. The summed E-state index contributed by atoms with van der Waals surface area (Å²) in [5.41, 5.74) is 1.79. The van der Waals surface area contributed by atoms with Crippen LogP contribution in [-0.4, -0.2) is 23.2 Å². The van der Waals surface area contributed by atoms with Gasteiger partial charge < -0.3 is 9.26 Å². The van der Waals surface area contributed by atoms with Crippen molar-refractivity contribution in [2.45, 2.75) is 26.2 Å². The molecule has 0 spiro atoms. The van der Waals surface area contributed by atoms with E-state index < -0.39 is 0 Å². The molecule has 2 aromatic heterocycles. The molecule has 0 aliphatic rings. The fourth-order valence-electron chi connectivity index (χ4n) is 2.19. The lowest BCUT2D eigenvalue weighted by Gasteiger charge is -2.14. The maximum Gasteiger partial charge on any atom is 0.279 e. The van der Waals surface area contributed by atoms with Crippen LogP contribution in [0, 0.1) is 0 Å². The molecule has 25 heavy (non-hydrogen) atoms. The second-order valence-corrected chi connectivity index (χ2v) is 7.38. The molecular formula is C18H19N3O3S. The molecule has 1 N–H and O–H groups in total. The first-order chi connectivity index (χ1) is 11.9. The number of para-hydroxylation sites is 1. The van der Waals surface area contributed by atoms with Gasteiger partial charge in [-0.25, -0.2) is 4.98 Å². The fourth-order valence-corrected chi connectivity index (χ4v) is 3.13. The van der Waals surface area contributed by atoms with E-state index in [1.54, 1.807) is 13.2 Å². The third kappa shape index (κ3) is 3.71. The first kappa shape index (κ1) is 17.2. The molecule has 0 unspecified atom stereocenters. The minimum atomic E-state index is -0.361. The number of carbonyl (C=O) groups is 1. The predicted molar refractivity (Wildman–Crippen MR) is 97.3 cm³/mol. The zero-order valence-electron chi connectivity index (χ0n) is 14.5. The van der Waals surface area contributed by atoms with Gasteiger partial charge in [0.1, 0.15) is 5.75 Å². The standard InChI is InChI=1S/C18H19N3O3S/c1-18(2,3)15-10-25-17(19-15)20-16(22)12-9-14(24-21-12)11-7-5-6-8-13(11)23-4/h5-10H,1-4H3,(H,19,20,22). The molecule has 0 radical (unpaired) electrons. The van der Waals surface area contributed by atoms with Crippen LogP contribution in [0.25, 0.3) is 11.3 Å². The largest absolute Gasteiger partial charge is 0.496 e. The second kappa shape index (κ2) is 6.68. The molecule has 1 aromatic carbocycles. The molecule has 130 valence electrons. The zero-order valence-corrected chi connectivity index (χ0v) is 15.3. The number of hydrogen-bond acceptors (Lipinski definition) is 6. The van der Waals surface area contributed by atoms with Crippen molar-refractivity contribution in [3.63, 3.8) is 0 Å². The highest BCUT2D eigenvalue weighted by Crippen LogP contribution is 2.30. The summed E-state index contributed by atoms with van der Waals surface area (Å²) >= 11 is 1.39. The van der Waals surface area contributed by atoms with Crippen LogP contribution in [0.3, 0.4) is 0 Å². The molecule has 6 nitrogen and oxygen atoms in total. The zero-order chi connectivity index (χ0) is 18.0. The van der Waals surface area contributed by atoms with Gasteiger partial charge in [0.15, 0.2) is 16.6 Å². The van der Waals surface area contributed by atoms with Crippen molar-refractivity contribution in [2.75, 3.05) is 12.4 Å². The van der Waals surface area contributed by atoms with E-state index >= 15 is 0 Å². The Kier molecular flexibility index (Phi) is 4.59. The van der Waals surface area contributed by atoms with Crippen LogP contribution in [0.2, 0.25) is 0 Å². The van der Waals surface area contributed by atoms with Gasteiger partial charge in [-0.05, 0) is 12.1 Å². The van der Waals surface area contributed by atoms with Gasteiger partial charge in [-0.3, -0.25) is 10.1 Å². The van der Waals surface area contributed by atoms with Crippen molar-refractivity contribution in [2.24, 2.45) is 0 Å². The first-order valence-electron chi connectivity index (χ1n) is 7.76. The number of thiazole rings is 1. The lowest BCUT2D eigenvalue weighted by molar-refractivity contribution is 0.101. The highest BCUT2D eigenvalue weighted by Gasteiger charge is 2.20. The smallest absolute Gasteiger partial charge is 0.279 e. The van der Waals surface area contributed by atoms with Crippen LogP contribution in [-0.2, 0) is 5.41 Å². The number of methoxy groups -OCH3 is 1. The summed E-state index contributed by atoms with van der Waals surface area (Å²) in [6.45, 7) is 6.22. The van der Waals surface area contributed by atoms with Crippen LogP contribution in [0.1, 0.15) is 37.0 Å². The van der Waals surface area contributed by atoms with Crippen LogP contribution < -0.4 is 10.1 Å². The van der Waals surface area contributed by atoms with Crippen molar-refractivity contribution in [1.29, 1.82) is 0 Å². The van der Waals surface area contributed by atoms with E-state index in [9.17, 15) is 4.79 Å². The van der Waals surface area contributed by atoms with Crippen LogP contribution in [0.5, 0.6) is 5.75 Å². The van der Waals surface area contributed by atoms with Gasteiger partial charge in [-0.2, -0.15) is 0 Å². The number of carbonyl (C=O) groups excluding carboxylic acids is 1. The average Bonchev–Trinajstić information content (AvgIpc) is 3.23. The van der Waals surface area contributed by atoms with E-state index in [-0.39, 0.29) is 17.0 Å². The molecule has 0 aliphatic heterocycles. The van der Waals surface area contributed by atoms with Crippen LogP contribution >= 0.6 is 11.3 Å². The monoisotopic (exact) mass is 357 g/mol. The van der Waals surface area contributed by atoms with E-state index in [0.29, 0.717) is 16.6 Å². The number of rotatable bonds is 4. The van der Waals surface area contributed by atoms with E-state index in [4.69, 9.17) is 9.26 Å². The Morgan fingerprint density at radius 3 is 2.72 bits per heavy atom. The Morgan fingerprint density at radius 2 is 2.04 bits per heavy atom. The molecular weight excluding hydrogens is 338 g/mol. The number of nitrogens with zero attached hydrogens (tertiary/aromatic N) is 2. The normalized spacial score (nSPS) is 11.4. The quantitative estimate of drug-likeness (QED) is 0.751. The molecule has 7 heteroatoms. The maximum absolute atomic E-state index is 12.4. The number of benzene rings is 1. The van der Waals surface area contributed by atoms with Gasteiger partial charge in [0.05, 0.1) is 18.4 Å². The van der Waals surface area contributed by atoms with Gasteiger partial charge in [-0.1, -0.05) is 38.1 Å². The van der Waals surface area contributed by atoms with Crippen molar-refractivity contribution in [3.8, 4) is 17.1 Å². The Morgan fingerprint density at radius 1 is 1.28 bits per heavy atom. The average molecular weight is 357 g/mol. The van der Waals surface area contributed by atoms with Gasteiger partial charge in [0.2, 0.25) is 0 Å². The van der Waals surface area contributed by atoms with Crippen molar-refractivity contribution in [3.05, 3.63) is 47.1 Å². The van der Waals surface area contributed by atoms with Gasteiger partial charge in [0.25, 0.3) is 5.91 Å². The Labute approximate surface area is 149 Å². The summed E-state index contributed by atoms with van der Waals surface area (Å²) in [5, 5.41) is 9.09. The number of nitrogens with one attached hydrogen (secondary N) is 1. The van der Waals surface area contributed by atoms with Crippen LogP contribution in [0.15, 0.2) is 40.2 Å². The van der Waals surface area contributed by atoms with Crippen molar-refractivity contribution < 1.29 is 14.1 Å². The lowest BCUT2D eigenvalue weighted by Crippen LogP contribution is -2.14. The minimum absolute atomic E-state index is 0.0651. The van der Waals surface area contributed by atoms with Crippen molar-refractivity contribution in [1.82, 2.24) is 10.1 Å². The lowest BCUT2D eigenvalue weighted by atomic mass is 9.93. The summed E-state index contributed by atoms with van der Waals surface area (Å²) in [5.74, 6) is 0.761. The fraction of sp³-hybridized carbons (Fsp3) is 0.278. The van der Waals surface area contributed by atoms with Crippen LogP contribution in [0.4, 0.5) is 5.13 Å². The summed E-state index contributed by atoms with van der Waals surface area (Å²) in [4.78, 5) is 16.8. The third-order valence-electron chi connectivity index (χ3n) is 3.61. The third-order valence-corrected chi connectivity index (χ3v) is 4.37. The van der Waals surface area contributed by atoms with E-state index in [1.165, 1.54) is 11.3 Å². The molecule has 0 bridgehead atoms. The Hall–Kier alpha value is -2.67. The molecule has 2 heterocycles. The molecule has 0 atom stereocenters. The summed E-state index contributed by atoms with van der Waals surface area (Å²) < 4.78 is 10.6. The summed E-state index contributed by atoms with van der Waals surface area (Å²) in [6.07, 6.45) is 0. The molecule has 0 fully saturated rings. The second-order valence-electron chi connectivity index (χ2n) is 6.52. The van der Waals surface area contributed by atoms with Gasteiger partial charge in [0, 0.05) is 16.9 Å². The van der Waals surface area contributed by atoms with Crippen molar-refractivity contribution >= 4 is 22.4 Å². The Bertz CT molecular complexity index is 893. The van der Waals surface area contributed by atoms with E-state index in [0.717, 1.165) is 11.3 Å². The molecule has 3 aromatic rings. The molecule has 0 saturated heterocycles. The number of hydrogen-bond donors (Lipinski definition) is 1. The summed E-state index contributed by atoms with van der Waals surface area (Å²) in [6, 6.07) is 8.98. The molecule has 1 amide bonds. The number of ether oxygens (including phenoxy) is 1. The SMILES string of the molecule is COc1ccccc1-c1cc(C(=O)Nc2nc(C(C)(C)C)cs2)no1. The highest BCUT2D eigenvalue weighted by atomic mass is 32.1. The summed E-state index contributed by atoms with van der Waals surface area (Å²) in [7, 11) is 1.58. The van der Waals surface area contributed by atoms with Gasteiger partial charge >= 0.3 is 0 Å². The molecule has 3 rings (SSSR count). The maximum atomic E-state index is 12.4. The highest BCUT2D eigenvalue weighted by molar-refractivity contribution is 7.14. The number of aromatic nitrogens is 2. The Balaban J connectivity index is 1.78.